The van der Waals surface area contributed by atoms with E-state index in [1.165, 1.54) is 0 Å². The maximum absolute atomic E-state index is 11.8. The van der Waals surface area contributed by atoms with Crippen molar-refractivity contribution in [1.82, 2.24) is 10.3 Å². The molecular formula is C12H12ClN3O3. The zero-order valence-electron chi connectivity index (χ0n) is 10.1. The fourth-order valence-corrected chi connectivity index (χ4v) is 1.53. The van der Waals surface area contributed by atoms with Gasteiger partial charge >= 0.3 is 0 Å². The van der Waals surface area contributed by atoms with Gasteiger partial charge in [0.05, 0.1) is 10.5 Å². The molecular weight excluding hydrogens is 270 g/mol. The summed E-state index contributed by atoms with van der Waals surface area (Å²) in [5.74, 6) is 2.01. The molecule has 0 unspecified atom stereocenters. The number of nitrogens with one attached hydrogen (secondary N) is 1. The maximum Gasteiger partial charge on any atom is 0.288 e. The van der Waals surface area contributed by atoms with Gasteiger partial charge in [0.15, 0.2) is 0 Å². The Balaban J connectivity index is 2.64. The molecule has 0 bridgehead atoms. The van der Waals surface area contributed by atoms with Crippen LogP contribution in [-0.4, -0.2) is 22.4 Å². The van der Waals surface area contributed by atoms with Gasteiger partial charge in [0.2, 0.25) is 0 Å². The highest BCUT2D eigenvalue weighted by Gasteiger charge is 2.16. The summed E-state index contributed by atoms with van der Waals surface area (Å²) in [6.07, 6.45) is 8.29. The lowest BCUT2D eigenvalue weighted by molar-refractivity contribution is -0.385. The molecule has 0 fully saturated rings. The quantitative estimate of drug-likeness (QED) is 0.285. The molecule has 0 spiro atoms. The van der Waals surface area contributed by atoms with Crippen molar-refractivity contribution < 1.29 is 9.72 Å². The topological polar surface area (TPSA) is 85.1 Å². The second kappa shape index (κ2) is 7.34. The van der Waals surface area contributed by atoms with E-state index in [0.717, 1.165) is 25.1 Å². The second-order valence-corrected chi connectivity index (χ2v) is 4.06. The zero-order valence-corrected chi connectivity index (χ0v) is 10.8. The lowest BCUT2D eigenvalue weighted by Gasteiger charge is -2.05. The molecule has 1 aromatic rings. The molecule has 0 atom stereocenters. The number of unbranched alkanes of at least 4 members (excludes halogenated alkanes) is 2. The van der Waals surface area contributed by atoms with E-state index in [2.05, 4.69) is 16.2 Å². The van der Waals surface area contributed by atoms with E-state index in [1.54, 1.807) is 0 Å². The number of rotatable bonds is 6. The van der Waals surface area contributed by atoms with Crippen LogP contribution in [0.15, 0.2) is 12.3 Å². The average Bonchev–Trinajstić information content (AvgIpc) is 2.38. The van der Waals surface area contributed by atoms with E-state index in [1.807, 2.05) is 0 Å². The van der Waals surface area contributed by atoms with E-state index >= 15 is 0 Å². The summed E-state index contributed by atoms with van der Waals surface area (Å²) in [4.78, 5) is 25.3. The summed E-state index contributed by atoms with van der Waals surface area (Å²) in [5, 5.41) is 13.1. The molecule has 6 nitrogen and oxygen atoms in total. The van der Waals surface area contributed by atoms with Crippen LogP contribution in [0.2, 0.25) is 5.15 Å². The van der Waals surface area contributed by atoms with Gasteiger partial charge in [0.1, 0.15) is 11.3 Å². The predicted octanol–water partition coefficient (Wildman–Crippen LogP) is 2.18. The fraction of sp³-hybridized carbons (Fsp3) is 0.333. The number of carbonyl (C=O) groups is 1. The minimum absolute atomic E-state index is 0.00665. The van der Waals surface area contributed by atoms with Gasteiger partial charge in [-0.1, -0.05) is 11.6 Å². The molecule has 0 aliphatic carbocycles. The monoisotopic (exact) mass is 281 g/mol. The third-order valence-electron chi connectivity index (χ3n) is 2.31. The predicted molar refractivity (Wildman–Crippen MR) is 70.9 cm³/mol. The number of pyridine rings is 1. The summed E-state index contributed by atoms with van der Waals surface area (Å²) >= 11 is 5.74. The summed E-state index contributed by atoms with van der Waals surface area (Å²) in [6.45, 7) is 0.430. The molecule has 19 heavy (non-hydrogen) atoms. The number of halogens is 1. The van der Waals surface area contributed by atoms with Crippen molar-refractivity contribution in [3.05, 3.63) is 33.1 Å². The highest BCUT2D eigenvalue weighted by atomic mass is 35.5. The van der Waals surface area contributed by atoms with Crippen LogP contribution in [0.3, 0.4) is 0 Å². The van der Waals surface area contributed by atoms with E-state index in [-0.39, 0.29) is 16.4 Å². The van der Waals surface area contributed by atoms with Crippen molar-refractivity contribution >= 4 is 23.2 Å². The number of amides is 1. The number of nitro groups is 1. The van der Waals surface area contributed by atoms with Gasteiger partial charge in [-0.3, -0.25) is 14.9 Å². The molecule has 1 heterocycles. The highest BCUT2D eigenvalue weighted by Crippen LogP contribution is 2.18. The van der Waals surface area contributed by atoms with E-state index in [9.17, 15) is 14.9 Å². The summed E-state index contributed by atoms with van der Waals surface area (Å²) < 4.78 is 0. The number of hydrogen-bond acceptors (Lipinski definition) is 4. The molecule has 1 amide bonds. The van der Waals surface area contributed by atoms with Gasteiger partial charge in [-0.05, 0) is 12.8 Å². The largest absolute Gasteiger partial charge is 0.352 e. The fourth-order valence-electron chi connectivity index (χ4n) is 1.35. The molecule has 1 aromatic heterocycles. The first-order chi connectivity index (χ1) is 9.06. The van der Waals surface area contributed by atoms with Gasteiger partial charge in [-0.25, -0.2) is 4.98 Å². The number of nitrogens with zero attached hydrogens (tertiary/aromatic N) is 2. The zero-order chi connectivity index (χ0) is 14.3. The number of carbonyl (C=O) groups excluding carboxylic acids is 1. The first-order valence-electron chi connectivity index (χ1n) is 5.58. The van der Waals surface area contributed by atoms with Crippen LogP contribution >= 0.6 is 11.6 Å². The van der Waals surface area contributed by atoms with Crippen molar-refractivity contribution in [3.63, 3.8) is 0 Å². The third-order valence-corrected chi connectivity index (χ3v) is 2.61. The average molecular weight is 282 g/mol. The van der Waals surface area contributed by atoms with Crippen LogP contribution in [0.5, 0.6) is 0 Å². The molecule has 0 saturated heterocycles. The minimum Gasteiger partial charge on any atom is -0.352 e. The Morgan fingerprint density at radius 1 is 1.58 bits per heavy atom. The Labute approximate surface area is 115 Å². The molecule has 1 rings (SSSR count). The Bertz CT molecular complexity index is 525. The standard InChI is InChI=1S/C12H12ClN3O3/c1-2-3-4-5-6-14-12(17)10-7-9(16(18)19)8-15-11(10)13/h1,7-8H,3-6H2,(H,14,17). The molecule has 100 valence electrons. The minimum atomic E-state index is -0.632. The Kier molecular flexibility index (Phi) is 5.76. The lowest BCUT2D eigenvalue weighted by atomic mass is 10.2. The van der Waals surface area contributed by atoms with Gasteiger partial charge in [-0.15, -0.1) is 12.3 Å². The highest BCUT2D eigenvalue weighted by molar-refractivity contribution is 6.32. The van der Waals surface area contributed by atoms with Gasteiger partial charge in [0.25, 0.3) is 11.6 Å². The van der Waals surface area contributed by atoms with Crippen LogP contribution in [0.4, 0.5) is 5.69 Å². The van der Waals surface area contributed by atoms with Gasteiger partial charge in [-0.2, -0.15) is 0 Å². The van der Waals surface area contributed by atoms with Crippen molar-refractivity contribution in [2.75, 3.05) is 6.54 Å². The Morgan fingerprint density at radius 2 is 2.32 bits per heavy atom. The molecule has 0 aromatic carbocycles. The van der Waals surface area contributed by atoms with E-state index in [0.29, 0.717) is 13.0 Å². The van der Waals surface area contributed by atoms with Crippen molar-refractivity contribution in [2.24, 2.45) is 0 Å². The van der Waals surface area contributed by atoms with Crippen LogP contribution in [0, 0.1) is 22.5 Å². The molecule has 0 saturated carbocycles. The molecule has 1 N–H and O–H groups in total. The van der Waals surface area contributed by atoms with Crippen LogP contribution in [0.25, 0.3) is 0 Å². The molecule has 0 radical (unpaired) electrons. The third kappa shape index (κ3) is 4.56. The summed E-state index contributed by atoms with van der Waals surface area (Å²) in [7, 11) is 0. The van der Waals surface area contributed by atoms with E-state index in [4.69, 9.17) is 18.0 Å². The van der Waals surface area contributed by atoms with Crippen molar-refractivity contribution in [2.45, 2.75) is 19.3 Å². The first kappa shape index (κ1) is 14.9. The SMILES string of the molecule is C#CCCCCNC(=O)c1cc([N+](=O)[O-])cnc1Cl. The Morgan fingerprint density at radius 3 is 2.95 bits per heavy atom. The van der Waals surface area contributed by atoms with Gasteiger partial charge < -0.3 is 5.32 Å². The normalized spacial score (nSPS) is 9.68. The number of hydrogen-bond donors (Lipinski definition) is 1. The number of terminal acetylenes is 1. The van der Waals surface area contributed by atoms with Crippen LogP contribution in [0.1, 0.15) is 29.6 Å². The van der Waals surface area contributed by atoms with Crippen LogP contribution < -0.4 is 5.32 Å². The molecule has 0 aliphatic rings. The Hall–Kier alpha value is -2.13. The van der Waals surface area contributed by atoms with E-state index < -0.39 is 10.8 Å². The molecule has 7 heteroatoms. The summed E-state index contributed by atoms with van der Waals surface area (Å²) in [5.41, 5.74) is -0.283. The smallest absolute Gasteiger partial charge is 0.288 e. The van der Waals surface area contributed by atoms with Gasteiger partial charge in [0, 0.05) is 19.0 Å². The maximum atomic E-state index is 11.8. The lowest BCUT2D eigenvalue weighted by Crippen LogP contribution is -2.25. The summed E-state index contributed by atoms with van der Waals surface area (Å²) in [6, 6.07) is 1.10. The van der Waals surface area contributed by atoms with Crippen molar-refractivity contribution in [3.8, 4) is 12.3 Å². The second-order valence-electron chi connectivity index (χ2n) is 3.71. The van der Waals surface area contributed by atoms with Crippen LogP contribution in [-0.2, 0) is 0 Å². The van der Waals surface area contributed by atoms with Crippen molar-refractivity contribution in [1.29, 1.82) is 0 Å². The number of aromatic nitrogens is 1. The molecule has 0 aliphatic heterocycles. The first-order valence-corrected chi connectivity index (χ1v) is 5.95.